The van der Waals surface area contributed by atoms with Crippen LogP contribution in [0.15, 0.2) is 18.3 Å². The zero-order valence-electron chi connectivity index (χ0n) is 7.09. The Bertz CT molecular complexity index is 263. The number of aromatic nitrogens is 1. The molecular formula is C8H13N3O2. The molecule has 0 radical (unpaired) electrons. The van der Waals surface area contributed by atoms with Crippen LogP contribution in [0.1, 0.15) is 11.7 Å². The number of nitrogens with two attached hydrogens (primary N) is 2. The molecule has 0 saturated carbocycles. The molecule has 2 atom stereocenters. The van der Waals surface area contributed by atoms with Gasteiger partial charge >= 0.3 is 0 Å². The van der Waals surface area contributed by atoms with Crippen LogP contribution in [0, 0.1) is 0 Å². The minimum atomic E-state index is -1.00. The summed E-state index contributed by atoms with van der Waals surface area (Å²) in [5.74, 6) is 0.373. The summed E-state index contributed by atoms with van der Waals surface area (Å²) in [4.78, 5) is 3.78. The molecule has 13 heavy (non-hydrogen) atoms. The molecule has 5 nitrogen and oxygen atoms in total. The molecular weight excluding hydrogens is 170 g/mol. The van der Waals surface area contributed by atoms with Crippen LogP contribution in [0.2, 0.25) is 0 Å². The number of aliphatic hydroxyl groups excluding tert-OH is 2. The number of aliphatic hydroxyl groups is 2. The van der Waals surface area contributed by atoms with Gasteiger partial charge in [-0.2, -0.15) is 0 Å². The van der Waals surface area contributed by atoms with Crippen LogP contribution >= 0.6 is 0 Å². The maximum Gasteiger partial charge on any atom is 0.123 e. The van der Waals surface area contributed by atoms with Gasteiger partial charge in [0.15, 0.2) is 0 Å². The van der Waals surface area contributed by atoms with E-state index in [0.29, 0.717) is 11.4 Å². The minimum Gasteiger partial charge on any atom is -0.389 e. The summed E-state index contributed by atoms with van der Waals surface area (Å²) in [7, 11) is 0. The molecule has 1 aromatic rings. The van der Waals surface area contributed by atoms with Crippen LogP contribution in [-0.4, -0.2) is 27.8 Å². The third-order valence-corrected chi connectivity index (χ3v) is 1.76. The van der Waals surface area contributed by atoms with Crippen LogP contribution in [-0.2, 0) is 0 Å². The van der Waals surface area contributed by atoms with E-state index in [1.807, 2.05) is 0 Å². The summed E-state index contributed by atoms with van der Waals surface area (Å²) in [6, 6.07) is 3.16. The van der Waals surface area contributed by atoms with E-state index in [9.17, 15) is 10.2 Å². The SMILES string of the molecule is NCC(O)C(O)c1ccc(N)nc1. The Hall–Kier alpha value is -1.17. The number of hydrogen-bond acceptors (Lipinski definition) is 5. The molecule has 6 N–H and O–H groups in total. The standard InChI is InChI=1S/C8H13N3O2/c9-3-6(12)8(13)5-1-2-7(10)11-4-5/h1-2,4,6,8,12-13H,3,9H2,(H2,10,11). The Labute approximate surface area is 76.0 Å². The Kier molecular flexibility index (Phi) is 3.18. The Balaban J connectivity index is 2.77. The number of nitrogens with zero attached hydrogens (tertiary/aromatic N) is 1. The highest BCUT2D eigenvalue weighted by Crippen LogP contribution is 2.15. The van der Waals surface area contributed by atoms with Crippen molar-refractivity contribution < 1.29 is 10.2 Å². The third-order valence-electron chi connectivity index (χ3n) is 1.76. The predicted molar refractivity (Wildman–Crippen MR) is 48.7 cm³/mol. The van der Waals surface area contributed by atoms with Gasteiger partial charge in [0.05, 0.1) is 6.10 Å². The third kappa shape index (κ3) is 2.38. The van der Waals surface area contributed by atoms with E-state index in [1.165, 1.54) is 6.20 Å². The lowest BCUT2D eigenvalue weighted by atomic mass is 10.1. The van der Waals surface area contributed by atoms with Gasteiger partial charge in [0, 0.05) is 18.3 Å². The number of nitrogen functional groups attached to an aromatic ring is 1. The minimum absolute atomic E-state index is 0.00550. The van der Waals surface area contributed by atoms with Crippen LogP contribution in [0.25, 0.3) is 0 Å². The average Bonchev–Trinajstić information content (AvgIpc) is 2.17. The van der Waals surface area contributed by atoms with E-state index in [1.54, 1.807) is 12.1 Å². The smallest absolute Gasteiger partial charge is 0.123 e. The van der Waals surface area contributed by atoms with Gasteiger partial charge in [-0.15, -0.1) is 0 Å². The van der Waals surface area contributed by atoms with Crippen molar-refractivity contribution in [2.24, 2.45) is 5.73 Å². The molecule has 0 amide bonds. The quantitative estimate of drug-likeness (QED) is 0.482. The Morgan fingerprint density at radius 1 is 1.38 bits per heavy atom. The Morgan fingerprint density at radius 3 is 2.54 bits per heavy atom. The monoisotopic (exact) mass is 183 g/mol. The fraction of sp³-hybridized carbons (Fsp3) is 0.375. The van der Waals surface area contributed by atoms with Crippen molar-refractivity contribution in [3.63, 3.8) is 0 Å². The van der Waals surface area contributed by atoms with E-state index in [0.717, 1.165) is 0 Å². The largest absolute Gasteiger partial charge is 0.389 e. The molecule has 0 aliphatic heterocycles. The van der Waals surface area contributed by atoms with Crippen molar-refractivity contribution >= 4 is 5.82 Å². The topological polar surface area (TPSA) is 105 Å². The van der Waals surface area contributed by atoms with E-state index in [4.69, 9.17) is 11.5 Å². The number of pyridine rings is 1. The summed E-state index contributed by atoms with van der Waals surface area (Å²) in [5, 5.41) is 18.7. The summed E-state index contributed by atoms with van der Waals surface area (Å²) in [5.41, 5.74) is 11.0. The van der Waals surface area contributed by atoms with Gasteiger partial charge in [-0.05, 0) is 6.07 Å². The summed E-state index contributed by atoms with van der Waals surface area (Å²) in [6.07, 6.45) is -0.553. The highest BCUT2D eigenvalue weighted by Gasteiger charge is 2.16. The molecule has 5 heteroatoms. The van der Waals surface area contributed by atoms with Gasteiger partial charge < -0.3 is 21.7 Å². The van der Waals surface area contributed by atoms with Crippen molar-refractivity contribution in [3.8, 4) is 0 Å². The van der Waals surface area contributed by atoms with Gasteiger partial charge in [-0.1, -0.05) is 6.07 Å². The van der Waals surface area contributed by atoms with Gasteiger partial charge in [-0.3, -0.25) is 0 Å². The molecule has 0 fully saturated rings. The van der Waals surface area contributed by atoms with Crippen LogP contribution in [0.5, 0.6) is 0 Å². The van der Waals surface area contributed by atoms with E-state index in [2.05, 4.69) is 4.98 Å². The van der Waals surface area contributed by atoms with E-state index >= 15 is 0 Å². The van der Waals surface area contributed by atoms with E-state index < -0.39 is 12.2 Å². The number of anilines is 1. The predicted octanol–water partition coefficient (Wildman–Crippen LogP) is -0.983. The molecule has 0 aromatic carbocycles. The number of rotatable bonds is 3. The fourth-order valence-electron chi connectivity index (χ4n) is 0.943. The first-order valence-electron chi connectivity index (χ1n) is 3.92. The van der Waals surface area contributed by atoms with Crippen LogP contribution < -0.4 is 11.5 Å². The zero-order chi connectivity index (χ0) is 9.84. The second-order valence-corrected chi connectivity index (χ2v) is 2.76. The average molecular weight is 183 g/mol. The molecule has 1 aromatic heterocycles. The first-order chi connectivity index (χ1) is 6.15. The molecule has 0 bridgehead atoms. The summed E-state index contributed by atoms with van der Waals surface area (Å²) >= 11 is 0. The van der Waals surface area contributed by atoms with E-state index in [-0.39, 0.29) is 6.54 Å². The highest BCUT2D eigenvalue weighted by molar-refractivity contribution is 5.30. The van der Waals surface area contributed by atoms with Crippen LogP contribution in [0.4, 0.5) is 5.82 Å². The molecule has 0 saturated heterocycles. The molecule has 72 valence electrons. The number of hydrogen-bond donors (Lipinski definition) is 4. The van der Waals surface area contributed by atoms with Gasteiger partial charge in [0.25, 0.3) is 0 Å². The maximum absolute atomic E-state index is 9.47. The van der Waals surface area contributed by atoms with Gasteiger partial charge in [0.1, 0.15) is 11.9 Å². The fourth-order valence-corrected chi connectivity index (χ4v) is 0.943. The maximum atomic E-state index is 9.47. The molecule has 0 spiro atoms. The lowest BCUT2D eigenvalue weighted by molar-refractivity contribution is 0.0241. The van der Waals surface area contributed by atoms with Crippen molar-refractivity contribution in [1.82, 2.24) is 4.98 Å². The first-order valence-corrected chi connectivity index (χ1v) is 3.92. The van der Waals surface area contributed by atoms with Crippen molar-refractivity contribution in [3.05, 3.63) is 23.9 Å². The van der Waals surface area contributed by atoms with Crippen molar-refractivity contribution in [1.29, 1.82) is 0 Å². The highest BCUT2D eigenvalue weighted by atomic mass is 16.3. The lowest BCUT2D eigenvalue weighted by Gasteiger charge is -2.15. The molecule has 1 heterocycles. The summed E-state index contributed by atoms with van der Waals surface area (Å²) in [6.45, 7) is 0.00550. The van der Waals surface area contributed by atoms with Gasteiger partial charge in [0.2, 0.25) is 0 Å². The molecule has 1 rings (SSSR count). The molecule has 2 unspecified atom stereocenters. The molecule has 0 aliphatic rings. The molecule has 0 aliphatic carbocycles. The Morgan fingerprint density at radius 2 is 2.08 bits per heavy atom. The van der Waals surface area contributed by atoms with Crippen molar-refractivity contribution in [2.45, 2.75) is 12.2 Å². The van der Waals surface area contributed by atoms with Gasteiger partial charge in [-0.25, -0.2) is 4.98 Å². The lowest BCUT2D eigenvalue weighted by Crippen LogP contribution is -2.27. The normalized spacial score (nSPS) is 15.3. The second-order valence-electron chi connectivity index (χ2n) is 2.76. The van der Waals surface area contributed by atoms with Crippen LogP contribution in [0.3, 0.4) is 0 Å². The first kappa shape index (κ1) is 9.91. The summed E-state index contributed by atoms with van der Waals surface area (Å²) < 4.78 is 0. The van der Waals surface area contributed by atoms with Crippen molar-refractivity contribution in [2.75, 3.05) is 12.3 Å². The second kappa shape index (κ2) is 4.18. The zero-order valence-corrected chi connectivity index (χ0v) is 7.09.